The van der Waals surface area contributed by atoms with Crippen LogP contribution in [0.5, 0.6) is 11.5 Å². The summed E-state index contributed by atoms with van der Waals surface area (Å²) >= 11 is 1.66. The fraction of sp³-hybridized carbons (Fsp3) is 0.421. The SMILES string of the molecule is COc1ccc(OCC(=O)N(Cc2cccs2)CC2CCCO2)cc1. The number of benzene rings is 1. The number of hydrogen-bond donors (Lipinski definition) is 0. The zero-order valence-electron chi connectivity index (χ0n) is 14.3. The first-order valence-corrected chi connectivity index (χ1v) is 9.31. The molecule has 1 fully saturated rings. The number of hydrogen-bond acceptors (Lipinski definition) is 5. The van der Waals surface area contributed by atoms with Gasteiger partial charge in [0.25, 0.3) is 5.91 Å². The Labute approximate surface area is 152 Å². The van der Waals surface area contributed by atoms with Gasteiger partial charge in [-0.3, -0.25) is 4.79 Å². The molecule has 1 atom stereocenters. The molecule has 0 bridgehead atoms. The summed E-state index contributed by atoms with van der Waals surface area (Å²) in [5.74, 6) is 1.39. The van der Waals surface area contributed by atoms with Gasteiger partial charge in [0.1, 0.15) is 11.5 Å². The lowest BCUT2D eigenvalue weighted by molar-refractivity contribution is -0.135. The van der Waals surface area contributed by atoms with Gasteiger partial charge in [0.15, 0.2) is 6.61 Å². The molecule has 2 aromatic rings. The molecule has 5 nitrogen and oxygen atoms in total. The first-order valence-electron chi connectivity index (χ1n) is 8.43. The van der Waals surface area contributed by atoms with Gasteiger partial charge in [0, 0.05) is 18.0 Å². The van der Waals surface area contributed by atoms with Crippen molar-refractivity contribution in [2.24, 2.45) is 0 Å². The number of rotatable bonds is 8. The van der Waals surface area contributed by atoms with E-state index < -0.39 is 0 Å². The van der Waals surface area contributed by atoms with Crippen LogP contribution >= 0.6 is 11.3 Å². The standard InChI is InChI=1S/C19H23NO4S/c1-22-15-6-8-16(9-7-15)24-14-19(21)20(12-17-4-2-10-23-17)13-18-5-3-11-25-18/h3,5-9,11,17H,2,4,10,12-14H2,1H3. The van der Waals surface area contributed by atoms with Gasteiger partial charge in [-0.1, -0.05) is 6.07 Å². The van der Waals surface area contributed by atoms with Crippen molar-refractivity contribution in [1.82, 2.24) is 4.90 Å². The molecule has 2 heterocycles. The minimum Gasteiger partial charge on any atom is -0.497 e. The van der Waals surface area contributed by atoms with E-state index in [9.17, 15) is 4.79 Å². The minimum absolute atomic E-state index is 0.0183. The van der Waals surface area contributed by atoms with E-state index in [0.717, 1.165) is 30.1 Å². The molecule has 1 aromatic heterocycles. The molecule has 0 radical (unpaired) electrons. The van der Waals surface area contributed by atoms with E-state index in [-0.39, 0.29) is 18.6 Å². The normalized spacial score (nSPS) is 16.6. The van der Waals surface area contributed by atoms with Crippen LogP contribution in [-0.4, -0.2) is 43.8 Å². The highest BCUT2D eigenvalue weighted by Crippen LogP contribution is 2.19. The van der Waals surface area contributed by atoms with Crippen LogP contribution in [0.15, 0.2) is 41.8 Å². The quantitative estimate of drug-likeness (QED) is 0.723. The Hall–Kier alpha value is -2.05. The van der Waals surface area contributed by atoms with Crippen molar-refractivity contribution < 1.29 is 19.0 Å². The first kappa shape index (κ1) is 17.8. The summed E-state index contributed by atoms with van der Waals surface area (Å²) in [6, 6.07) is 11.3. The van der Waals surface area contributed by atoms with Crippen molar-refractivity contribution in [2.45, 2.75) is 25.5 Å². The van der Waals surface area contributed by atoms with Crippen LogP contribution in [0.3, 0.4) is 0 Å². The Kier molecular flexibility index (Phi) is 6.30. The monoisotopic (exact) mass is 361 g/mol. The van der Waals surface area contributed by atoms with Crippen LogP contribution in [0, 0.1) is 0 Å². The van der Waals surface area contributed by atoms with Gasteiger partial charge >= 0.3 is 0 Å². The number of carbonyl (C=O) groups is 1. The number of methoxy groups -OCH3 is 1. The van der Waals surface area contributed by atoms with Crippen LogP contribution < -0.4 is 9.47 Å². The number of ether oxygens (including phenoxy) is 3. The fourth-order valence-corrected chi connectivity index (χ4v) is 3.51. The maximum absolute atomic E-state index is 12.7. The summed E-state index contributed by atoms with van der Waals surface area (Å²) < 4.78 is 16.5. The lowest BCUT2D eigenvalue weighted by Crippen LogP contribution is -2.39. The van der Waals surface area contributed by atoms with Gasteiger partial charge in [-0.25, -0.2) is 0 Å². The van der Waals surface area contributed by atoms with Crippen molar-refractivity contribution in [2.75, 3.05) is 26.9 Å². The lowest BCUT2D eigenvalue weighted by atomic mass is 10.2. The van der Waals surface area contributed by atoms with Crippen molar-refractivity contribution >= 4 is 17.2 Å². The highest BCUT2D eigenvalue weighted by atomic mass is 32.1. The predicted molar refractivity (Wildman–Crippen MR) is 97.2 cm³/mol. The highest BCUT2D eigenvalue weighted by molar-refractivity contribution is 7.09. The molecule has 1 aliphatic rings. The summed E-state index contributed by atoms with van der Waals surface area (Å²) in [6.07, 6.45) is 2.20. The van der Waals surface area contributed by atoms with Crippen molar-refractivity contribution in [3.8, 4) is 11.5 Å². The van der Waals surface area contributed by atoms with Gasteiger partial charge in [0.05, 0.1) is 19.8 Å². The van der Waals surface area contributed by atoms with Crippen LogP contribution in [0.1, 0.15) is 17.7 Å². The number of thiophene rings is 1. The Morgan fingerprint density at radius 3 is 2.72 bits per heavy atom. The topological polar surface area (TPSA) is 48.0 Å². The van der Waals surface area contributed by atoms with E-state index in [1.807, 2.05) is 34.5 Å². The van der Waals surface area contributed by atoms with Gasteiger partial charge in [-0.05, 0) is 48.6 Å². The second-order valence-corrected chi connectivity index (χ2v) is 6.99. The third-order valence-electron chi connectivity index (χ3n) is 4.15. The van der Waals surface area contributed by atoms with Crippen LogP contribution in [0.4, 0.5) is 0 Å². The summed E-state index contributed by atoms with van der Waals surface area (Å²) in [6.45, 7) is 2.02. The third-order valence-corrected chi connectivity index (χ3v) is 5.01. The molecule has 0 spiro atoms. The molecule has 1 amide bonds. The number of nitrogens with zero attached hydrogens (tertiary/aromatic N) is 1. The number of carbonyl (C=O) groups excluding carboxylic acids is 1. The third kappa shape index (κ3) is 5.21. The molecule has 1 aliphatic heterocycles. The predicted octanol–water partition coefficient (Wildman–Crippen LogP) is 3.34. The van der Waals surface area contributed by atoms with E-state index in [0.29, 0.717) is 18.8 Å². The van der Waals surface area contributed by atoms with E-state index >= 15 is 0 Å². The largest absolute Gasteiger partial charge is 0.497 e. The average Bonchev–Trinajstić information content (AvgIpc) is 3.33. The van der Waals surface area contributed by atoms with Gasteiger partial charge in [-0.2, -0.15) is 0 Å². The fourth-order valence-electron chi connectivity index (χ4n) is 2.79. The zero-order chi connectivity index (χ0) is 17.5. The minimum atomic E-state index is -0.0280. The Balaban J connectivity index is 1.58. The summed E-state index contributed by atoms with van der Waals surface area (Å²) in [4.78, 5) is 15.7. The molecular weight excluding hydrogens is 338 g/mol. The van der Waals surface area contributed by atoms with Crippen molar-refractivity contribution in [1.29, 1.82) is 0 Å². The van der Waals surface area contributed by atoms with Gasteiger partial charge in [0.2, 0.25) is 0 Å². The molecular formula is C19H23NO4S. The van der Waals surface area contributed by atoms with Crippen molar-refractivity contribution in [3.63, 3.8) is 0 Å². The van der Waals surface area contributed by atoms with Crippen LogP contribution in [0.25, 0.3) is 0 Å². The highest BCUT2D eigenvalue weighted by Gasteiger charge is 2.23. The summed E-state index contributed by atoms with van der Waals surface area (Å²) in [7, 11) is 1.62. The van der Waals surface area contributed by atoms with E-state index in [1.54, 1.807) is 30.6 Å². The maximum atomic E-state index is 12.7. The Bertz CT molecular complexity index is 651. The molecule has 0 saturated carbocycles. The molecule has 6 heteroatoms. The molecule has 0 aliphatic carbocycles. The molecule has 3 rings (SSSR count). The summed E-state index contributed by atoms with van der Waals surface area (Å²) in [5.41, 5.74) is 0. The van der Waals surface area contributed by atoms with E-state index in [1.165, 1.54) is 0 Å². The molecule has 1 aromatic carbocycles. The second-order valence-electron chi connectivity index (χ2n) is 5.95. The molecule has 1 saturated heterocycles. The van der Waals surface area contributed by atoms with Gasteiger partial charge in [-0.15, -0.1) is 11.3 Å². The Morgan fingerprint density at radius 1 is 1.28 bits per heavy atom. The van der Waals surface area contributed by atoms with Crippen molar-refractivity contribution in [3.05, 3.63) is 46.7 Å². The maximum Gasteiger partial charge on any atom is 0.260 e. The zero-order valence-corrected chi connectivity index (χ0v) is 15.2. The molecule has 0 N–H and O–H groups in total. The smallest absolute Gasteiger partial charge is 0.260 e. The molecule has 134 valence electrons. The summed E-state index contributed by atoms with van der Waals surface area (Å²) in [5, 5.41) is 2.03. The van der Waals surface area contributed by atoms with E-state index in [4.69, 9.17) is 14.2 Å². The van der Waals surface area contributed by atoms with Crippen LogP contribution in [0.2, 0.25) is 0 Å². The number of amides is 1. The Morgan fingerprint density at radius 2 is 2.08 bits per heavy atom. The molecule has 25 heavy (non-hydrogen) atoms. The lowest BCUT2D eigenvalue weighted by Gasteiger charge is -2.25. The average molecular weight is 361 g/mol. The second kappa shape index (κ2) is 8.87. The first-order chi connectivity index (χ1) is 12.2. The van der Waals surface area contributed by atoms with E-state index in [2.05, 4.69) is 0 Å². The molecule has 1 unspecified atom stereocenters. The van der Waals surface area contributed by atoms with Crippen LogP contribution in [-0.2, 0) is 16.1 Å². The van der Waals surface area contributed by atoms with Gasteiger partial charge < -0.3 is 19.1 Å².